The molecule has 0 spiro atoms. The standard InChI is InChI=1S/C16H12BrNO3/c1-2-20-16(19)12(10-18)9-14-7-8-15(21-14)11-3-5-13(17)6-4-11/h3-9H,2H2,1H3/b12-9-. The third-order valence-electron chi connectivity index (χ3n) is 2.66. The van der Waals surface area contributed by atoms with Gasteiger partial charge in [0.15, 0.2) is 0 Å². The van der Waals surface area contributed by atoms with E-state index < -0.39 is 5.97 Å². The van der Waals surface area contributed by atoms with Gasteiger partial charge >= 0.3 is 5.97 Å². The molecule has 21 heavy (non-hydrogen) atoms. The molecule has 2 aromatic rings. The minimum absolute atomic E-state index is 0.0893. The lowest BCUT2D eigenvalue weighted by Crippen LogP contribution is -2.05. The molecule has 0 saturated carbocycles. The summed E-state index contributed by atoms with van der Waals surface area (Å²) in [6.45, 7) is 1.91. The fraction of sp³-hybridized carbons (Fsp3) is 0.125. The molecule has 0 saturated heterocycles. The molecule has 0 aliphatic heterocycles. The van der Waals surface area contributed by atoms with Gasteiger partial charge in [0, 0.05) is 16.1 Å². The summed E-state index contributed by atoms with van der Waals surface area (Å²) in [5.74, 6) is 0.439. The van der Waals surface area contributed by atoms with Crippen molar-refractivity contribution in [2.24, 2.45) is 0 Å². The van der Waals surface area contributed by atoms with E-state index in [4.69, 9.17) is 14.4 Å². The van der Waals surface area contributed by atoms with Gasteiger partial charge in [0.25, 0.3) is 0 Å². The van der Waals surface area contributed by atoms with Gasteiger partial charge < -0.3 is 9.15 Å². The van der Waals surface area contributed by atoms with Crippen molar-refractivity contribution in [2.45, 2.75) is 6.92 Å². The summed E-state index contributed by atoms with van der Waals surface area (Å²) < 4.78 is 11.4. The molecule has 1 aromatic heterocycles. The fourth-order valence-corrected chi connectivity index (χ4v) is 1.95. The number of hydrogen-bond acceptors (Lipinski definition) is 4. The second-order valence-corrected chi connectivity index (χ2v) is 5.01. The van der Waals surface area contributed by atoms with Crippen LogP contribution in [-0.4, -0.2) is 12.6 Å². The Kier molecular flexibility index (Phi) is 4.96. The summed E-state index contributed by atoms with van der Waals surface area (Å²) in [6, 6.07) is 12.9. The second-order valence-electron chi connectivity index (χ2n) is 4.10. The van der Waals surface area contributed by atoms with Crippen LogP contribution >= 0.6 is 15.9 Å². The highest BCUT2D eigenvalue weighted by Crippen LogP contribution is 2.25. The smallest absolute Gasteiger partial charge is 0.349 e. The quantitative estimate of drug-likeness (QED) is 0.473. The van der Waals surface area contributed by atoms with Gasteiger partial charge in [-0.25, -0.2) is 4.79 Å². The van der Waals surface area contributed by atoms with Crippen molar-refractivity contribution in [1.82, 2.24) is 0 Å². The molecule has 5 heteroatoms. The molecule has 0 amide bonds. The minimum atomic E-state index is -0.651. The van der Waals surface area contributed by atoms with Crippen LogP contribution in [0, 0.1) is 11.3 Å². The zero-order chi connectivity index (χ0) is 15.2. The van der Waals surface area contributed by atoms with E-state index in [-0.39, 0.29) is 12.2 Å². The highest BCUT2D eigenvalue weighted by molar-refractivity contribution is 9.10. The lowest BCUT2D eigenvalue weighted by molar-refractivity contribution is -0.137. The average molecular weight is 346 g/mol. The summed E-state index contributed by atoms with van der Waals surface area (Å²) >= 11 is 3.37. The number of carbonyl (C=O) groups is 1. The molecule has 0 aliphatic rings. The Balaban J connectivity index is 2.25. The van der Waals surface area contributed by atoms with E-state index in [0.29, 0.717) is 11.5 Å². The van der Waals surface area contributed by atoms with Crippen molar-refractivity contribution in [3.05, 3.63) is 52.2 Å². The van der Waals surface area contributed by atoms with Crippen molar-refractivity contribution >= 4 is 28.0 Å². The molecule has 0 radical (unpaired) electrons. The Labute approximate surface area is 130 Å². The SMILES string of the molecule is CCOC(=O)/C(C#N)=C\c1ccc(-c2ccc(Br)cc2)o1. The molecular formula is C16H12BrNO3. The van der Waals surface area contributed by atoms with Crippen LogP contribution in [0.25, 0.3) is 17.4 Å². The lowest BCUT2D eigenvalue weighted by Gasteiger charge is -1.98. The Bertz CT molecular complexity index is 708. The molecule has 0 aliphatic carbocycles. The second kappa shape index (κ2) is 6.91. The number of nitrogens with zero attached hydrogens (tertiary/aromatic N) is 1. The molecule has 106 valence electrons. The highest BCUT2D eigenvalue weighted by Gasteiger charge is 2.11. The van der Waals surface area contributed by atoms with Gasteiger partial charge in [0.05, 0.1) is 6.61 Å². The van der Waals surface area contributed by atoms with Gasteiger partial charge in [0.1, 0.15) is 23.2 Å². The first kappa shape index (κ1) is 15.1. The fourth-order valence-electron chi connectivity index (χ4n) is 1.69. The third kappa shape index (κ3) is 3.83. The van der Waals surface area contributed by atoms with E-state index in [0.717, 1.165) is 10.0 Å². The Morgan fingerprint density at radius 2 is 2.05 bits per heavy atom. The van der Waals surface area contributed by atoms with Crippen molar-refractivity contribution in [3.8, 4) is 17.4 Å². The molecular weight excluding hydrogens is 334 g/mol. The summed E-state index contributed by atoms with van der Waals surface area (Å²) in [5.41, 5.74) is 0.820. The zero-order valence-corrected chi connectivity index (χ0v) is 12.9. The Morgan fingerprint density at radius 1 is 1.33 bits per heavy atom. The van der Waals surface area contributed by atoms with E-state index in [2.05, 4.69) is 15.9 Å². The normalized spacial score (nSPS) is 11.0. The van der Waals surface area contributed by atoms with E-state index >= 15 is 0 Å². The molecule has 0 fully saturated rings. The molecule has 0 atom stereocenters. The van der Waals surface area contributed by atoms with Crippen molar-refractivity contribution in [2.75, 3.05) is 6.61 Å². The van der Waals surface area contributed by atoms with Gasteiger partial charge in [-0.3, -0.25) is 0 Å². The predicted octanol–water partition coefficient (Wildman–Crippen LogP) is 4.18. The maximum atomic E-state index is 11.5. The topological polar surface area (TPSA) is 63.2 Å². The van der Waals surface area contributed by atoms with Gasteiger partial charge in [-0.05, 0) is 31.2 Å². The van der Waals surface area contributed by atoms with E-state index in [1.54, 1.807) is 19.1 Å². The molecule has 2 rings (SSSR count). The van der Waals surface area contributed by atoms with Crippen LogP contribution in [-0.2, 0) is 9.53 Å². The number of benzene rings is 1. The van der Waals surface area contributed by atoms with Crippen molar-refractivity contribution in [1.29, 1.82) is 5.26 Å². The number of rotatable bonds is 4. The predicted molar refractivity (Wildman–Crippen MR) is 82.1 cm³/mol. The van der Waals surface area contributed by atoms with Gasteiger partial charge in [-0.2, -0.15) is 5.26 Å². The number of furan rings is 1. The number of ether oxygens (including phenoxy) is 1. The van der Waals surface area contributed by atoms with E-state index in [1.807, 2.05) is 30.3 Å². The van der Waals surface area contributed by atoms with Crippen molar-refractivity contribution < 1.29 is 13.9 Å². The number of nitriles is 1. The van der Waals surface area contributed by atoms with E-state index in [9.17, 15) is 4.79 Å². The molecule has 1 heterocycles. The van der Waals surface area contributed by atoms with Crippen LogP contribution in [0.1, 0.15) is 12.7 Å². The third-order valence-corrected chi connectivity index (χ3v) is 3.19. The van der Waals surface area contributed by atoms with Crippen LogP contribution < -0.4 is 0 Å². The number of hydrogen-bond donors (Lipinski definition) is 0. The number of esters is 1. The van der Waals surface area contributed by atoms with Gasteiger partial charge in [0.2, 0.25) is 0 Å². The summed E-state index contributed by atoms with van der Waals surface area (Å²) in [4.78, 5) is 11.5. The first-order chi connectivity index (χ1) is 10.1. The number of halogens is 1. The zero-order valence-electron chi connectivity index (χ0n) is 11.3. The first-order valence-electron chi connectivity index (χ1n) is 6.28. The van der Waals surface area contributed by atoms with Crippen LogP contribution in [0.15, 0.2) is 50.9 Å². The number of carbonyl (C=O) groups excluding carboxylic acids is 1. The summed E-state index contributed by atoms with van der Waals surface area (Å²) in [6.07, 6.45) is 1.38. The van der Waals surface area contributed by atoms with Crippen molar-refractivity contribution in [3.63, 3.8) is 0 Å². The van der Waals surface area contributed by atoms with E-state index in [1.165, 1.54) is 6.08 Å². The monoisotopic (exact) mass is 345 g/mol. The maximum absolute atomic E-state index is 11.5. The largest absolute Gasteiger partial charge is 0.462 e. The molecule has 0 bridgehead atoms. The Morgan fingerprint density at radius 3 is 2.67 bits per heavy atom. The lowest BCUT2D eigenvalue weighted by atomic mass is 10.2. The summed E-state index contributed by atoms with van der Waals surface area (Å²) in [5, 5.41) is 8.97. The Hall–Kier alpha value is -2.32. The summed E-state index contributed by atoms with van der Waals surface area (Å²) in [7, 11) is 0. The molecule has 4 nitrogen and oxygen atoms in total. The minimum Gasteiger partial charge on any atom is -0.462 e. The van der Waals surface area contributed by atoms with Crippen LogP contribution in [0.3, 0.4) is 0 Å². The first-order valence-corrected chi connectivity index (χ1v) is 7.08. The van der Waals surface area contributed by atoms with Crippen LogP contribution in [0.5, 0.6) is 0 Å². The van der Waals surface area contributed by atoms with Crippen LogP contribution in [0.2, 0.25) is 0 Å². The molecule has 0 unspecified atom stereocenters. The maximum Gasteiger partial charge on any atom is 0.349 e. The highest BCUT2D eigenvalue weighted by atomic mass is 79.9. The average Bonchev–Trinajstić information content (AvgIpc) is 2.94. The molecule has 1 aromatic carbocycles. The van der Waals surface area contributed by atoms with Gasteiger partial charge in [-0.1, -0.05) is 28.1 Å². The van der Waals surface area contributed by atoms with Crippen LogP contribution in [0.4, 0.5) is 0 Å². The van der Waals surface area contributed by atoms with Gasteiger partial charge in [-0.15, -0.1) is 0 Å². The molecule has 0 N–H and O–H groups in total.